The van der Waals surface area contributed by atoms with Crippen molar-refractivity contribution in [1.29, 1.82) is 0 Å². The third kappa shape index (κ3) is 4.10. The number of amides is 3. The lowest BCUT2D eigenvalue weighted by Gasteiger charge is -2.16. The number of urea groups is 1. The van der Waals surface area contributed by atoms with Crippen LogP contribution in [0.5, 0.6) is 17.4 Å². The summed E-state index contributed by atoms with van der Waals surface area (Å²) >= 11 is 0. The number of hydrogen-bond acceptors (Lipinski definition) is 5. The van der Waals surface area contributed by atoms with Gasteiger partial charge < -0.3 is 14.8 Å². The number of carbonyl (C=O) groups excluding carboxylic acids is 2. The number of nitrogens with one attached hydrogen (secondary N) is 1. The summed E-state index contributed by atoms with van der Waals surface area (Å²) in [7, 11) is 0. The molecule has 142 valence electrons. The molecule has 0 bridgehead atoms. The molecule has 1 aliphatic rings. The Morgan fingerprint density at radius 3 is 2.37 bits per heavy atom. The van der Waals surface area contributed by atoms with Crippen LogP contribution in [0.15, 0.2) is 42.6 Å². The van der Waals surface area contributed by atoms with Crippen LogP contribution < -0.4 is 19.7 Å². The van der Waals surface area contributed by atoms with Gasteiger partial charge in [-0.2, -0.15) is 0 Å². The number of benzene rings is 1. The Morgan fingerprint density at radius 1 is 1.11 bits per heavy atom. The van der Waals surface area contributed by atoms with Crippen LogP contribution in [0.2, 0.25) is 0 Å². The van der Waals surface area contributed by atoms with Crippen molar-refractivity contribution in [3.8, 4) is 17.4 Å². The van der Waals surface area contributed by atoms with E-state index in [-0.39, 0.29) is 17.3 Å². The zero-order valence-electron chi connectivity index (χ0n) is 14.2. The fourth-order valence-corrected chi connectivity index (χ4v) is 2.40. The number of halogens is 3. The van der Waals surface area contributed by atoms with Crippen LogP contribution in [0, 0.1) is 0 Å². The molecule has 2 heterocycles. The Hall–Kier alpha value is -3.30. The van der Waals surface area contributed by atoms with Gasteiger partial charge in [-0.25, -0.2) is 14.7 Å². The first-order valence-corrected chi connectivity index (χ1v) is 7.72. The molecule has 0 aliphatic carbocycles. The van der Waals surface area contributed by atoms with Crippen LogP contribution in [0.4, 0.5) is 23.7 Å². The Balaban J connectivity index is 1.74. The van der Waals surface area contributed by atoms with Crippen molar-refractivity contribution >= 4 is 17.6 Å². The maximum Gasteiger partial charge on any atom is 0.573 e. The molecule has 1 aromatic carbocycles. The Kier molecular flexibility index (Phi) is 4.42. The molecule has 0 saturated carbocycles. The fourth-order valence-electron chi connectivity index (χ4n) is 2.40. The van der Waals surface area contributed by atoms with Crippen molar-refractivity contribution in [3.63, 3.8) is 0 Å². The number of pyridine rings is 1. The minimum atomic E-state index is -4.81. The van der Waals surface area contributed by atoms with Crippen molar-refractivity contribution in [3.05, 3.63) is 42.6 Å². The topological polar surface area (TPSA) is 80.8 Å². The minimum absolute atomic E-state index is 0.0641. The van der Waals surface area contributed by atoms with E-state index >= 15 is 0 Å². The fraction of sp³-hybridized carbons (Fsp3) is 0.235. The third-order valence-corrected chi connectivity index (χ3v) is 3.60. The molecule has 2 aromatic rings. The second-order valence-electron chi connectivity index (χ2n) is 6.18. The first kappa shape index (κ1) is 18.5. The van der Waals surface area contributed by atoms with Gasteiger partial charge in [0.2, 0.25) is 5.88 Å². The average Bonchev–Trinajstić information content (AvgIpc) is 2.75. The van der Waals surface area contributed by atoms with Gasteiger partial charge in [0.05, 0.1) is 11.9 Å². The quantitative estimate of drug-likeness (QED) is 0.819. The molecular formula is C17H14F3N3O4. The van der Waals surface area contributed by atoms with Crippen LogP contribution in [0.25, 0.3) is 0 Å². The zero-order valence-corrected chi connectivity index (χ0v) is 14.2. The number of nitrogens with zero attached hydrogens (tertiary/aromatic N) is 2. The first-order chi connectivity index (χ1) is 12.5. The van der Waals surface area contributed by atoms with Gasteiger partial charge in [0, 0.05) is 12.1 Å². The third-order valence-electron chi connectivity index (χ3n) is 3.60. The highest BCUT2D eigenvalue weighted by Gasteiger charge is 2.45. The maximum absolute atomic E-state index is 12.3. The number of anilines is 1. The molecule has 7 nitrogen and oxygen atoms in total. The molecule has 0 atom stereocenters. The van der Waals surface area contributed by atoms with E-state index in [0.29, 0.717) is 0 Å². The molecular weight excluding hydrogens is 367 g/mol. The molecule has 1 fully saturated rings. The number of hydrogen-bond donors (Lipinski definition) is 1. The lowest BCUT2D eigenvalue weighted by Crippen LogP contribution is -2.40. The molecule has 0 radical (unpaired) electrons. The molecule has 3 rings (SSSR count). The largest absolute Gasteiger partial charge is 0.573 e. The van der Waals surface area contributed by atoms with E-state index in [1.807, 2.05) is 0 Å². The molecule has 1 aliphatic heterocycles. The van der Waals surface area contributed by atoms with E-state index in [1.165, 1.54) is 30.5 Å². The molecule has 3 amide bonds. The SMILES string of the molecule is CC1(C)NC(=O)N(c2ccc(Oc3cccc(OC(F)(F)F)c3)nc2)C1=O. The van der Waals surface area contributed by atoms with Gasteiger partial charge in [0.25, 0.3) is 5.91 Å². The van der Waals surface area contributed by atoms with Crippen molar-refractivity contribution in [2.45, 2.75) is 25.7 Å². The second-order valence-corrected chi connectivity index (χ2v) is 6.18. The van der Waals surface area contributed by atoms with Crippen LogP contribution in [-0.2, 0) is 4.79 Å². The van der Waals surface area contributed by atoms with Crippen LogP contribution in [0.1, 0.15) is 13.8 Å². The van der Waals surface area contributed by atoms with Gasteiger partial charge in [-0.05, 0) is 32.0 Å². The monoisotopic (exact) mass is 381 g/mol. The normalized spacial score (nSPS) is 16.3. The van der Waals surface area contributed by atoms with E-state index in [1.54, 1.807) is 13.8 Å². The Labute approximate surface area is 151 Å². The summed E-state index contributed by atoms with van der Waals surface area (Å²) < 4.78 is 46.0. The molecule has 0 unspecified atom stereocenters. The smallest absolute Gasteiger partial charge is 0.439 e. The van der Waals surface area contributed by atoms with Crippen molar-refractivity contribution < 1.29 is 32.2 Å². The van der Waals surface area contributed by atoms with E-state index in [2.05, 4.69) is 15.0 Å². The summed E-state index contributed by atoms with van der Waals surface area (Å²) in [6, 6.07) is 7.21. The number of imide groups is 1. The summed E-state index contributed by atoms with van der Waals surface area (Å²) in [5, 5.41) is 2.54. The minimum Gasteiger partial charge on any atom is -0.439 e. The van der Waals surface area contributed by atoms with E-state index in [4.69, 9.17) is 4.74 Å². The number of alkyl halides is 3. The van der Waals surface area contributed by atoms with Gasteiger partial charge in [0.1, 0.15) is 17.0 Å². The summed E-state index contributed by atoms with van der Waals surface area (Å²) in [5.41, 5.74) is -0.782. The van der Waals surface area contributed by atoms with Crippen molar-refractivity contribution in [1.82, 2.24) is 10.3 Å². The highest BCUT2D eigenvalue weighted by molar-refractivity contribution is 6.22. The van der Waals surface area contributed by atoms with Gasteiger partial charge in [-0.3, -0.25) is 4.79 Å². The highest BCUT2D eigenvalue weighted by Crippen LogP contribution is 2.29. The Bertz CT molecular complexity index is 882. The van der Waals surface area contributed by atoms with E-state index in [0.717, 1.165) is 17.0 Å². The maximum atomic E-state index is 12.3. The predicted molar refractivity (Wildman–Crippen MR) is 87.5 cm³/mol. The standard InChI is InChI=1S/C17H14F3N3O4/c1-16(2)14(24)23(15(25)22-16)10-6-7-13(21-9-10)26-11-4-3-5-12(8-11)27-17(18,19)20/h3-9H,1-2H3,(H,22,25). The lowest BCUT2D eigenvalue weighted by atomic mass is 10.1. The highest BCUT2D eigenvalue weighted by atomic mass is 19.4. The zero-order chi connectivity index (χ0) is 19.8. The second kappa shape index (κ2) is 6.45. The van der Waals surface area contributed by atoms with Gasteiger partial charge >= 0.3 is 12.4 Å². The number of carbonyl (C=O) groups is 2. The molecule has 1 N–H and O–H groups in total. The Morgan fingerprint density at radius 2 is 1.81 bits per heavy atom. The number of rotatable bonds is 4. The van der Waals surface area contributed by atoms with E-state index < -0.39 is 29.6 Å². The number of ether oxygens (including phenoxy) is 2. The summed E-state index contributed by atoms with van der Waals surface area (Å²) in [6.07, 6.45) is -3.56. The summed E-state index contributed by atoms with van der Waals surface area (Å²) in [4.78, 5) is 29.1. The average molecular weight is 381 g/mol. The van der Waals surface area contributed by atoms with E-state index in [9.17, 15) is 22.8 Å². The number of aromatic nitrogens is 1. The van der Waals surface area contributed by atoms with Crippen LogP contribution in [0.3, 0.4) is 0 Å². The first-order valence-electron chi connectivity index (χ1n) is 7.72. The van der Waals surface area contributed by atoms with Gasteiger partial charge in [-0.15, -0.1) is 13.2 Å². The summed E-state index contributed by atoms with van der Waals surface area (Å²) in [5.74, 6) is -0.722. The van der Waals surface area contributed by atoms with Gasteiger partial charge in [-0.1, -0.05) is 6.07 Å². The summed E-state index contributed by atoms with van der Waals surface area (Å²) in [6.45, 7) is 3.16. The van der Waals surface area contributed by atoms with Crippen LogP contribution in [-0.4, -0.2) is 28.8 Å². The molecule has 10 heteroatoms. The molecule has 1 saturated heterocycles. The van der Waals surface area contributed by atoms with Crippen LogP contribution >= 0.6 is 0 Å². The van der Waals surface area contributed by atoms with Crippen molar-refractivity contribution in [2.24, 2.45) is 0 Å². The lowest BCUT2D eigenvalue weighted by molar-refractivity contribution is -0.274. The van der Waals surface area contributed by atoms with Gasteiger partial charge in [0.15, 0.2) is 0 Å². The molecule has 1 aromatic heterocycles. The predicted octanol–water partition coefficient (Wildman–Crippen LogP) is 3.61. The van der Waals surface area contributed by atoms with Crippen molar-refractivity contribution in [2.75, 3.05) is 4.90 Å². The molecule has 0 spiro atoms. The molecule has 27 heavy (non-hydrogen) atoms.